The Morgan fingerprint density at radius 1 is 0.925 bits per heavy atom. The van der Waals surface area contributed by atoms with Crippen molar-refractivity contribution in [1.82, 2.24) is 10.2 Å². The third-order valence-electron chi connectivity index (χ3n) is 6.37. The molecule has 0 aliphatic heterocycles. The number of anilines is 1. The number of ether oxygens (including phenoxy) is 1. The van der Waals surface area contributed by atoms with E-state index in [2.05, 4.69) is 5.32 Å². The number of nitrogens with zero attached hydrogens (tertiary/aromatic N) is 2. The Hall–Kier alpha value is -3.56. The summed E-state index contributed by atoms with van der Waals surface area (Å²) in [6, 6.07) is 18.9. The number of methoxy groups -OCH3 is 1. The molecule has 0 saturated carbocycles. The SMILES string of the molecule is COc1ccc(N(CC(=O)N(Cc2ccc(Cl)cc2)C(C)C(=O)NCC(C)C)S(=O)(=O)c2ccc(C)cc2)cc1. The van der Waals surface area contributed by atoms with Crippen LogP contribution >= 0.6 is 11.6 Å². The summed E-state index contributed by atoms with van der Waals surface area (Å²) in [6.07, 6.45) is 0. The Labute approximate surface area is 241 Å². The highest BCUT2D eigenvalue weighted by Gasteiger charge is 2.32. The minimum atomic E-state index is -4.14. The van der Waals surface area contributed by atoms with Crippen LogP contribution in [0.15, 0.2) is 77.7 Å². The molecule has 0 bridgehead atoms. The number of sulfonamides is 1. The van der Waals surface area contributed by atoms with Crippen LogP contribution in [0.4, 0.5) is 5.69 Å². The molecule has 0 aliphatic carbocycles. The number of hydrogen-bond donors (Lipinski definition) is 1. The maximum Gasteiger partial charge on any atom is 0.264 e. The molecule has 0 fully saturated rings. The average molecular weight is 586 g/mol. The molecular formula is C30H36ClN3O5S. The number of hydrogen-bond acceptors (Lipinski definition) is 5. The van der Waals surface area contributed by atoms with Crippen LogP contribution in [-0.2, 0) is 26.2 Å². The number of carbonyl (C=O) groups is 2. The zero-order valence-corrected chi connectivity index (χ0v) is 25.0. The van der Waals surface area contributed by atoms with Crippen LogP contribution in [0, 0.1) is 12.8 Å². The zero-order chi connectivity index (χ0) is 29.4. The molecule has 1 atom stereocenters. The number of nitrogens with one attached hydrogen (secondary N) is 1. The topological polar surface area (TPSA) is 96.0 Å². The highest BCUT2D eigenvalue weighted by molar-refractivity contribution is 7.92. The summed E-state index contributed by atoms with van der Waals surface area (Å²) in [4.78, 5) is 28.4. The van der Waals surface area contributed by atoms with E-state index in [4.69, 9.17) is 16.3 Å². The van der Waals surface area contributed by atoms with Crippen LogP contribution < -0.4 is 14.4 Å². The van der Waals surface area contributed by atoms with Gasteiger partial charge in [0.05, 0.1) is 17.7 Å². The van der Waals surface area contributed by atoms with Gasteiger partial charge in [0.2, 0.25) is 11.8 Å². The minimum Gasteiger partial charge on any atom is -0.497 e. The van der Waals surface area contributed by atoms with Gasteiger partial charge in [-0.1, -0.05) is 55.3 Å². The molecule has 214 valence electrons. The summed E-state index contributed by atoms with van der Waals surface area (Å²) in [6.45, 7) is 7.48. The van der Waals surface area contributed by atoms with E-state index < -0.39 is 28.5 Å². The van der Waals surface area contributed by atoms with E-state index in [-0.39, 0.29) is 29.0 Å². The van der Waals surface area contributed by atoms with Gasteiger partial charge >= 0.3 is 0 Å². The Kier molecular flexibility index (Phi) is 10.6. The molecule has 0 radical (unpaired) electrons. The van der Waals surface area contributed by atoms with Crippen molar-refractivity contribution in [1.29, 1.82) is 0 Å². The van der Waals surface area contributed by atoms with E-state index >= 15 is 0 Å². The number of aryl methyl sites for hydroxylation is 1. The molecular weight excluding hydrogens is 550 g/mol. The Bertz CT molecular complexity index is 1390. The molecule has 1 N–H and O–H groups in total. The van der Waals surface area contributed by atoms with Gasteiger partial charge in [-0.3, -0.25) is 13.9 Å². The molecule has 3 rings (SSSR count). The van der Waals surface area contributed by atoms with Gasteiger partial charge in [-0.2, -0.15) is 0 Å². The summed E-state index contributed by atoms with van der Waals surface area (Å²) in [7, 11) is -2.62. The lowest BCUT2D eigenvalue weighted by Gasteiger charge is -2.32. The Morgan fingerprint density at radius 3 is 2.08 bits per heavy atom. The first-order chi connectivity index (χ1) is 18.9. The molecule has 1 unspecified atom stereocenters. The van der Waals surface area contributed by atoms with E-state index in [1.54, 1.807) is 67.6 Å². The molecule has 8 nitrogen and oxygen atoms in total. The molecule has 0 aromatic heterocycles. The van der Waals surface area contributed by atoms with Crippen LogP contribution in [-0.4, -0.2) is 51.4 Å². The van der Waals surface area contributed by atoms with E-state index in [0.717, 1.165) is 15.4 Å². The van der Waals surface area contributed by atoms with Gasteiger partial charge in [0, 0.05) is 18.1 Å². The van der Waals surface area contributed by atoms with Crippen LogP contribution in [0.2, 0.25) is 5.02 Å². The number of amides is 2. The molecule has 3 aromatic rings. The van der Waals surface area contributed by atoms with Crippen molar-refractivity contribution in [3.8, 4) is 5.75 Å². The number of rotatable bonds is 12. The maximum absolute atomic E-state index is 13.9. The van der Waals surface area contributed by atoms with Crippen molar-refractivity contribution in [2.45, 2.75) is 45.2 Å². The minimum absolute atomic E-state index is 0.0497. The lowest BCUT2D eigenvalue weighted by molar-refractivity contribution is -0.139. The first-order valence-corrected chi connectivity index (χ1v) is 14.8. The van der Waals surface area contributed by atoms with Crippen molar-refractivity contribution in [2.75, 3.05) is 24.5 Å². The second-order valence-corrected chi connectivity index (χ2v) is 12.3. The molecule has 0 spiro atoms. The summed E-state index contributed by atoms with van der Waals surface area (Å²) in [5.41, 5.74) is 1.94. The van der Waals surface area contributed by atoms with E-state index in [1.807, 2.05) is 20.8 Å². The highest BCUT2D eigenvalue weighted by atomic mass is 35.5. The third kappa shape index (κ3) is 7.99. The van der Waals surface area contributed by atoms with Crippen LogP contribution in [0.5, 0.6) is 5.75 Å². The van der Waals surface area contributed by atoms with Crippen molar-refractivity contribution in [3.63, 3.8) is 0 Å². The van der Waals surface area contributed by atoms with Crippen molar-refractivity contribution in [2.24, 2.45) is 5.92 Å². The fourth-order valence-electron chi connectivity index (χ4n) is 3.94. The molecule has 0 heterocycles. The first-order valence-electron chi connectivity index (χ1n) is 13.0. The summed E-state index contributed by atoms with van der Waals surface area (Å²) >= 11 is 6.04. The third-order valence-corrected chi connectivity index (χ3v) is 8.41. The number of benzene rings is 3. The van der Waals surface area contributed by atoms with Crippen molar-refractivity contribution < 1.29 is 22.7 Å². The van der Waals surface area contributed by atoms with Crippen LogP contribution in [0.25, 0.3) is 0 Å². The molecule has 3 aromatic carbocycles. The van der Waals surface area contributed by atoms with Gasteiger partial charge in [-0.25, -0.2) is 8.42 Å². The fourth-order valence-corrected chi connectivity index (χ4v) is 5.48. The highest BCUT2D eigenvalue weighted by Crippen LogP contribution is 2.27. The second kappa shape index (κ2) is 13.7. The summed E-state index contributed by atoms with van der Waals surface area (Å²) in [5, 5.41) is 3.41. The monoisotopic (exact) mass is 585 g/mol. The number of halogens is 1. The van der Waals surface area contributed by atoms with Gasteiger partial charge in [0.25, 0.3) is 10.0 Å². The molecule has 10 heteroatoms. The predicted octanol–water partition coefficient (Wildman–Crippen LogP) is 5.04. The lowest BCUT2D eigenvalue weighted by Crippen LogP contribution is -2.51. The average Bonchev–Trinajstić information content (AvgIpc) is 2.94. The van der Waals surface area contributed by atoms with E-state index in [0.29, 0.717) is 17.3 Å². The Morgan fingerprint density at radius 2 is 1.52 bits per heavy atom. The van der Waals surface area contributed by atoms with Crippen LogP contribution in [0.1, 0.15) is 31.9 Å². The molecule has 2 amide bonds. The van der Waals surface area contributed by atoms with Crippen molar-refractivity contribution in [3.05, 3.63) is 88.9 Å². The van der Waals surface area contributed by atoms with Crippen molar-refractivity contribution >= 4 is 39.1 Å². The molecule has 0 saturated heterocycles. The van der Waals surface area contributed by atoms with E-state index in [1.165, 1.54) is 24.1 Å². The summed E-state index contributed by atoms with van der Waals surface area (Å²) < 4.78 is 34.0. The normalized spacial score (nSPS) is 12.1. The first kappa shape index (κ1) is 31.0. The fraction of sp³-hybridized carbons (Fsp3) is 0.333. The molecule has 0 aliphatic rings. The lowest BCUT2D eigenvalue weighted by atomic mass is 10.1. The smallest absolute Gasteiger partial charge is 0.264 e. The Balaban J connectivity index is 2.01. The van der Waals surface area contributed by atoms with E-state index in [9.17, 15) is 18.0 Å². The predicted molar refractivity (Wildman–Crippen MR) is 158 cm³/mol. The quantitative estimate of drug-likeness (QED) is 0.321. The van der Waals surface area contributed by atoms with Crippen LogP contribution in [0.3, 0.4) is 0 Å². The standard InChI is InChI=1S/C30H36ClN3O5S/c1-21(2)18-32-30(36)23(4)33(19-24-8-10-25(31)11-9-24)29(35)20-34(26-12-14-27(39-5)15-13-26)40(37,38)28-16-6-22(3)7-17-28/h6-17,21,23H,18-20H2,1-5H3,(H,32,36). The zero-order valence-electron chi connectivity index (χ0n) is 23.4. The summed E-state index contributed by atoms with van der Waals surface area (Å²) in [5.74, 6) is -0.0913. The largest absolute Gasteiger partial charge is 0.497 e. The number of carbonyl (C=O) groups excluding carboxylic acids is 2. The maximum atomic E-state index is 13.9. The van der Waals surface area contributed by atoms with Gasteiger partial charge in [0.15, 0.2) is 0 Å². The van der Waals surface area contributed by atoms with Gasteiger partial charge in [0.1, 0.15) is 18.3 Å². The molecule has 40 heavy (non-hydrogen) atoms. The second-order valence-electron chi connectivity index (χ2n) is 9.99. The van der Waals surface area contributed by atoms with Gasteiger partial charge < -0.3 is 15.0 Å². The van der Waals surface area contributed by atoms with Gasteiger partial charge in [-0.15, -0.1) is 0 Å². The van der Waals surface area contributed by atoms with Gasteiger partial charge in [-0.05, 0) is 73.9 Å².